The number of carbonyl (C=O) groups is 1. The van der Waals surface area contributed by atoms with Gasteiger partial charge in [-0.25, -0.2) is 0 Å². The van der Waals surface area contributed by atoms with Crippen molar-refractivity contribution in [2.75, 3.05) is 6.61 Å². The molecule has 4 unspecified atom stereocenters. The molecule has 1 aliphatic heterocycles. The maximum absolute atomic E-state index is 12.0. The number of amides is 1. The summed E-state index contributed by atoms with van der Waals surface area (Å²) in [5.74, 6) is 0.281. The molecule has 3 N–H and O–H groups in total. The summed E-state index contributed by atoms with van der Waals surface area (Å²) in [6.45, 7) is 2.64. The molecular formula is C13H17N3O2. The number of nitrogens with two attached hydrogens (primary N) is 1. The van der Waals surface area contributed by atoms with Gasteiger partial charge in [0.05, 0.1) is 17.7 Å². The number of carbonyl (C=O) groups excluding carboxylic acids is 1. The topological polar surface area (TPSA) is 77.2 Å². The van der Waals surface area contributed by atoms with Crippen LogP contribution in [0.25, 0.3) is 0 Å². The molecule has 1 saturated carbocycles. The molecule has 2 fully saturated rings. The quantitative estimate of drug-likeness (QED) is 0.784. The third kappa shape index (κ3) is 1.79. The molecule has 0 radical (unpaired) electrons. The van der Waals surface area contributed by atoms with Crippen molar-refractivity contribution >= 4 is 5.91 Å². The zero-order valence-corrected chi connectivity index (χ0v) is 10.3. The lowest BCUT2D eigenvalue weighted by atomic mass is 9.72. The van der Waals surface area contributed by atoms with Crippen molar-refractivity contribution in [3.8, 4) is 0 Å². The number of hydrogen-bond donors (Lipinski definition) is 2. The summed E-state index contributed by atoms with van der Waals surface area (Å²) < 4.78 is 5.58. The highest BCUT2D eigenvalue weighted by molar-refractivity contribution is 5.94. The van der Waals surface area contributed by atoms with E-state index in [9.17, 15) is 4.79 Å². The van der Waals surface area contributed by atoms with E-state index in [2.05, 4.69) is 10.3 Å². The Morgan fingerprint density at radius 3 is 3.11 bits per heavy atom. The van der Waals surface area contributed by atoms with Gasteiger partial charge in [-0.1, -0.05) is 0 Å². The van der Waals surface area contributed by atoms with Gasteiger partial charge in [0.15, 0.2) is 0 Å². The number of pyridine rings is 1. The fourth-order valence-corrected chi connectivity index (χ4v) is 2.76. The Morgan fingerprint density at radius 1 is 1.56 bits per heavy atom. The fourth-order valence-electron chi connectivity index (χ4n) is 2.76. The number of rotatable bonds is 2. The molecule has 0 bridgehead atoms. The van der Waals surface area contributed by atoms with Crippen molar-refractivity contribution in [1.82, 2.24) is 10.3 Å². The van der Waals surface area contributed by atoms with Crippen LogP contribution in [0.5, 0.6) is 0 Å². The predicted molar refractivity (Wildman–Crippen MR) is 66.1 cm³/mol. The van der Waals surface area contributed by atoms with Crippen LogP contribution < -0.4 is 11.1 Å². The minimum Gasteiger partial charge on any atom is -0.376 e. The molecule has 1 amide bonds. The first kappa shape index (κ1) is 11.6. The smallest absolute Gasteiger partial charge is 0.253 e. The van der Waals surface area contributed by atoms with E-state index in [0.717, 1.165) is 18.7 Å². The molecular weight excluding hydrogens is 230 g/mol. The van der Waals surface area contributed by atoms with Gasteiger partial charge >= 0.3 is 0 Å². The molecule has 0 spiro atoms. The molecule has 2 heterocycles. The molecule has 1 aromatic heterocycles. The summed E-state index contributed by atoms with van der Waals surface area (Å²) >= 11 is 0. The maximum atomic E-state index is 12.0. The second kappa shape index (κ2) is 4.33. The maximum Gasteiger partial charge on any atom is 0.253 e. The van der Waals surface area contributed by atoms with Gasteiger partial charge in [0, 0.05) is 30.5 Å². The molecule has 1 aliphatic carbocycles. The van der Waals surface area contributed by atoms with Gasteiger partial charge in [0.25, 0.3) is 5.91 Å². The molecule has 4 atom stereocenters. The Hall–Kier alpha value is -1.46. The number of fused-ring (bicyclic) bond motifs is 1. The van der Waals surface area contributed by atoms with Gasteiger partial charge in [0.1, 0.15) is 0 Å². The van der Waals surface area contributed by atoms with Gasteiger partial charge in [-0.3, -0.25) is 9.78 Å². The van der Waals surface area contributed by atoms with Gasteiger partial charge in [0.2, 0.25) is 0 Å². The second-order valence-electron chi connectivity index (χ2n) is 5.05. The van der Waals surface area contributed by atoms with E-state index in [1.165, 1.54) is 0 Å². The van der Waals surface area contributed by atoms with Crippen LogP contribution in [0.2, 0.25) is 0 Å². The first-order chi connectivity index (χ1) is 8.66. The average Bonchev–Trinajstić information content (AvgIpc) is 2.81. The van der Waals surface area contributed by atoms with Gasteiger partial charge < -0.3 is 15.8 Å². The van der Waals surface area contributed by atoms with Gasteiger partial charge in [-0.15, -0.1) is 0 Å². The zero-order chi connectivity index (χ0) is 12.7. The Labute approximate surface area is 106 Å². The summed E-state index contributed by atoms with van der Waals surface area (Å²) in [5, 5.41) is 2.94. The monoisotopic (exact) mass is 247 g/mol. The molecule has 18 heavy (non-hydrogen) atoms. The molecule has 1 aromatic rings. The van der Waals surface area contributed by atoms with Crippen LogP contribution in [0.15, 0.2) is 18.3 Å². The lowest BCUT2D eigenvalue weighted by molar-refractivity contribution is -0.0161. The van der Waals surface area contributed by atoms with Crippen LogP contribution in [-0.4, -0.2) is 35.7 Å². The Kier molecular flexibility index (Phi) is 2.80. The first-order valence-corrected chi connectivity index (χ1v) is 6.27. The summed E-state index contributed by atoms with van der Waals surface area (Å²) in [6, 6.07) is 3.55. The normalized spacial score (nSPS) is 33.7. The van der Waals surface area contributed by atoms with Crippen LogP contribution in [-0.2, 0) is 4.74 Å². The first-order valence-electron chi connectivity index (χ1n) is 6.27. The number of ether oxygens (including phenoxy) is 1. The van der Waals surface area contributed by atoms with Crippen molar-refractivity contribution < 1.29 is 9.53 Å². The van der Waals surface area contributed by atoms with E-state index in [1.807, 2.05) is 13.0 Å². The highest BCUT2D eigenvalue weighted by Gasteiger charge is 2.52. The van der Waals surface area contributed by atoms with Crippen LogP contribution in [0, 0.1) is 12.8 Å². The number of aromatic nitrogens is 1. The number of nitrogens with zero attached hydrogens (tertiary/aromatic N) is 1. The number of nitrogens with one attached hydrogen (secondary N) is 1. The van der Waals surface area contributed by atoms with Crippen LogP contribution in [0.3, 0.4) is 0 Å². The highest BCUT2D eigenvalue weighted by atomic mass is 16.5. The Bertz CT molecular complexity index is 460. The standard InChI is InChI=1S/C13H17N3O2/c1-7-2-3-8(6-15-7)13(17)16-11-10(14)9-4-5-18-12(9)11/h2-3,6,9-12H,4-5,14H2,1H3,(H,16,17). The minimum atomic E-state index is -0.128. The zero-order valence-electron chi connectivity index (χ0n) is 10.3. The lowest BCUT2D eigenvalue weighted by Gasteiger charge is -2.45. The summed E-state index contributed by atoms with van der Waals surface area (Å²) in [4.78, 5) is 16.1. The average molecular weight is 247 g/mol. The van der Waals surface area contributed by atoms with Crippen molar-refractivity contribution in [3.05, 3.63) is 29.6 Å². The third-order valence-electron chi connectivity index (χ3n) is 3.92. The molecule has 96 valence electrons. The fraction of sp³-hybridized carbons (Fsp3) is 0.538. The van der Waals surface area contributed by atoms with Gasteiger partial charge in [-0.05, 0) is 25.5 Å². The third-order valence-corrected chi connectivity index (χ3v) is 3.92. The molecule has 0 aromatic carbocycles. The van der Waals surface area contributed by atoms with Crippen molar-refractivity contribution in [2.45, 2.75) is 31.5 Å². The minimum absolute atomic E-state index is 0.0138. The highest BCUT2D eigenvalue weighted by Crippen LogP contribution is 2.37. The van der Waals surface area contributed by atoms with E-state index in [1.54, 1.807) is 12.3 Å². The van der Waals surface area contributed by atoms with Crippen LogP contribution in [0.4, 0.5) is 0 Å². The van der Waals surface area contributed by atoms with E-state index in [4.69, 9.17) is 10.5 Å². The predicted octanol–water partition coefficient (Wildman–Crippen LogP) is 0.234. The molecule has 1 saturated heterocycles. The summed E-state index contributed by atoms with van der Waals surface area (Å²) in [7, 11) is 0. The molecule has 2 aliphatic rings. The lowest BCUT2D eigenvalue weighted by Crippen LogP contribution is -2.68. The van der Waals surface area contributed by atoms with Crippen LogP contribution in [0.1, 0.15) is 22.5 Å². The largest absolute Gasteiger partial charge is 0.376 e. The van der Waals surface area contributed by atoms with E-state index in [-0.39, 0.29) is 24.1 Å². The number of hydrogen-bond acceptors (Lipinski definition) is 4. The van der Waals surface area contributed by atoms with E-state index in [0.29, 0.717) is 11.5 Å². The summed E-state index contributed by atoms with van der Waals surface area (Å²) in [6.07, 6.45) is 2.69. The van der Waals surface area contributed by atoms with Crippen molar-refractivity contribution in [3.63, 3.8) is 0 Å². The molecule has 5 nitrogen and oxygen atoms in total. The van der Waals surface area contributed by atoms with Crippen LogP contribution >= 0.6 is 0 Å². The molecule has 3 rings (SSSR count). The van der Waals surface area contributed by atoms with Crippen molar-refractivity contribution in [2.24, 2.45) is 11.7 Å². The SMILES string of the molecule is Cc1ccc(C(=O)NC2C(N)C3CCOC32)cn1. The summed E-state index contributed by atoms with van der Waals surface area (Å²) in [5.41, 5.74) is 7.51. The number of aryl methyl sites for hydroxylation is 1. The Morgan fingerprint density at radius 2 is 2.39 bits per heavy atom. The molecule has 5 heteroatoms. The van der Waals surface area contributed by atoms with Crippen molar-refractivity contribution in [1.29, 1.82) is 0 Å². The Balaban J connectivity index is 1.66. The van der Waals surface area contributed by atoms with E-state index >= 15 is 0 Å². The second-order valence-corrected chi connectivity index (χ2v) is 5.05. The van der Waals surface area contributed by atoms with Gasteiger partial charge in [-0.2, -0.15) is 0 Å². The van der Waals surface area contributed by atoms with E-state index < -0.39 is 0 Å².